The summed E-state index contributed by atoms with van der Waals surface area (Å²) in [6.45, 7) is 2.19. The van der Waals surface area contributed by atoms with Crippen LogP contribution in [0, 0.1) is 5.82 Å². The maximum absolute atomic E-state index is 13.9. The Morgan fingerprint density at radius 1 is 1.00 bits per heavy atom. The number of aromatic amines is 1. The van der Waals surface area contributed by atoms with Crippen LogP contribution in [0.2, 0.25) is 5.02 Å². The normalized spacial score (nSPS) is 12.1. The van der Waals surface area contributed by atoms with Crippen molar-refractivity contribution < 1.29 is 24.0 Å². The van der Waals surface area contributed by atoms with Gasteiger partial charge in [0.1, 0.15) is 12.4 Å². The zero-order chi connectivity index (χ0) is 30.3. The summed E-state index contributed by atoms with van der Waals surface area (Å²) in [5.74, 6) is -0.571. The van der Waals surface area contributed by atoms with Crippen LogP contribution in [0.3, 0.4) is 0 Å². The van der Waals surface area contributed by atoms with E-state index in [2.05, 4.69) is 16.3 Å². The van der Waals surface area contributed by atoms with Gasteiger partial charge in [-0.25, -0.2) is 4.39 Å². The summed E-state index contributed by atoms with van der Waals surface area (Å²) in [5.41, 5.74) is 7.63. The number of nitrogens with one attached hydrogen (secondary N) is 1. The first-order valence-electron chi connectivity index (χ1n) is 13.8. The average Bonchev–Trinajstić information content (AvgIpc) is 3.48. The summed E-state index contributed by atoms with van der Waals surface area (Å²) in [4.78, 5) is 12.4. The second-order valence-corrected chi connectivity index (χ2v) is 10.4. The lowest BCUT2D eigenvalue weighted by Gasteiger charge is -2.18. The third-order valence-electron chi connectivity index (χ3n) is 7.09. The molecule has 216 valence electrons. The molecule has 0 unspecified atom stereocenters. The van der Waals surface area contributed by atoms with Crippen LogP contribution in [0.4, 0.5) is 4.39 Å². The SMILES string of the molecule is CC/C(=C(/c1ccc(/C=C/C(=O)COCc2ccc(B(O)O)cc2)cc1)c1ccc2[nH]ncc2c1)c1ccc(F)cc1Cl. The van der Waals surface area contributed by atoms with Crippen molar-refractivity contribution in [2.45, 2.75) is 20.0 Å². The molecule has 0 aliphatic rings. The molecule has 0 fully saturated rings. The molecule has 43 heavy (non-hydrogen) atoms. The molecule has 6 nitrogen and oxygen atoms in total. The fraction of sp³-hybridized carbons (Fsp3) is 0.118. The van der Waals surface area contributed by atoms with Crippen LogP contribution in [0.1, 0.15) is 41.2 Å². The topological polar surface area (TPSA) is 95.4 Å². The van der Waals surface area contributed by atoms with Crippen LogP contribution in [-0.4, -0.2) is 39.8 Å². The Morgan fingerprint density at radius 3 is 2.44 bits per heavy atom. The van der Waals surface area contributed by atoms with Crippen molar-refractivity contribution in [1.29, 1.82) is 0 Å². The molecule has 9 heteroatoms. The van der Waals surface area contributed by atoms with E-state index < -0.39 is 7.12 Å². The van der Waals surface area contributed by atoms with Gasteiger partial charge in [-0.2, -0.15) is 5.10 Å². The van der Waals surface area contributed by atoms with Gasteiger partial charge < -0.3 is 14.8 Å². The Hall–Kier alpha value is -4.34. The molecule has 4 aromatic carbocycles. The van der Waals surface area contributed by atoms with Gasteiger partial charge in [0.05, 0.1) is 23.3 Å². The summed E-state index contributed by atoms with van der Waals surface area (Å²) in [5, 5.41) is 26.8. The van der Waals surface area contributed by atoms with Crippen molar-refractivity contribution in [3.63, 3.8) is 0 Å². The minimum absolute atomic E-state index is 0.0827. The predicted octanol–water partition coefficient (Wildman–Crippen LogP) is 6.20. The number of rotatable bonds is 11. The summed E-state index contributed by atoms with van der Waals surface area (Å²) < 4.78 is 19.4. The quantitative estimate of drug-likeness (QED) is 0.0961. The van der Waals surface area contributed by atoms with Gasteiger partial charge in [0.2, 0.25) is 0 Å². The molecule has 0 amide bonds. The highest BCUT2D eigenvalue weighted by Crippen LogP contribution is 2.38. The third-order valence-corrected chi connectivity index (χ3v) is 7.41. The maximum atomic E-state index is 13.9. The number of carbonyl (C=O) groups is 1. The summed E-state index contributed by atoms with van der Waals surface area (Å²) >= 11 is 6.53. The van der Waals surface area contributed by atoms with Crippen molar-refractivity contribution in [3.8, 4) is 0 Å². The number of ether oxygens (including phenoxy) is 1. The second kappa shape index (κ2) is 13.8. The van der Waals surface area contributed by atoms with Gasteiger partial charge >= 0.3 is 7.12 Å². The molecule has 0 spiro atoms. The van der Waals surface area contributed by atoms with Gasteiger partial charge in [0.15, 0.2) is 5.78 Å². The van der Waals surface area contributed by atoms with E-state index in [1.54, 1.807) is 42.6 Å². The van der Waals surface area contributed by atoms with Gasteiger partial charge in [-0.3, -0.25) is 9.89 Å². The lowest BCUT2D eigenvalue weighted by Crippen LogP contribution is -2.29. The highest BCUT2D eigenvalue weighted by Gasteiger charge is 2.17. The molecule has 3 N–H and O–H groups in total. The number of halogens is 2. The molecule has 0 radical (unpaired) electrons. The van der Waals surface area contributed by atoms with Crippen LogP contribution in [0.25, 0.3) is 28.1 Å². The van der Waals surface area contributed by atoms with Crippen LogP contribution in [-0.2, 0) is 16.1 Å². The molecule has 5 aromatic rings. The van der Waals surface area contributed by atoms with Gasteiger partial charge in [-0.1, -0.05) is 85.3 Å². The molecule has 5 rings (SSSR count). The lowest BCUT2D eigenvalue weighted by molar-refractivity contribution is -0.119. The number of hydrogen-bond donors (Lipinski definition) is 3. The standard InChI is InChI=1S/C34H29BClFN2O4/c1-2-30(31-15-13-28(37)18-32(31)36)34(25-10-16-33-26(17-25)19-38-39-33)24-8-3-22(4-9-24)7-14-29(40)21-43-20-23-5-11-27(12-6-23)35(41)42/h3-19,41-42H,2,20-21H2,1H3,(H,38,39)/b14-7+,34-30+. The molecule has 0 bridgehead atoms. The highest BCUT2D eigenvalue weighted by molar-refractivity contribution is 6.58. The molecule has 0 aliphatic carbocycles. The largest absolute Gasteiger partial charge is 0.488 e. The summed E-state index contributed by atoms with van der Waals surface area (Å²) in [6.07, 6.45) is 5.67. The molecular weight excluding hydrogens is 566 g/mol. The van der Waals surface area contributed by atoms with E-state index in [0.29, 0.717) is 16.9 Å². The van der Waals surface area contributed by atoms with Crippen molar-refractivity contribution >= 4 is 58.1 Å². The van der Waals surface area contributed by atoms with E-state index in [1.165, 1.54) is 18.2 Å². The predicted molar refractivity (Wildman–Crippen MR) is 170 cm³/mol. The maximum Gasteiger partial charge on any atom is 0.488 e. The molecular formula is C34H29BClFN2O4. The van der Waals surface area contributed by atoms with E-state index in [1.807, 2.05) is 43.3 Å². The van der Waals surface area contributed by atoms with E-state index in [9.17, 15) is 19.2 Å². The number of carbonyl (C=O) groups excluding carboxylic acids is 1. The van der Waals surface area contributed by atoms with Crippen molar-refractivity contribution in [3.05, 3.63) is 136 Å². The number of H-pyrrole nitrogens is 1. The second-order valence-electron chi connectivity index (χ2n) is 10.0. The highest BCUT2D eigenvalue weighted by atomic mass is 35.5. The Labute approximate surface area is 254 Å². The van der Waals surface area contributed by atoms with E-state index in [4.69, 9.17) is 16.3 Å². The van der Waals surface area contributed by atoms with E-state index in [0.717, 1.165) is 49.9 Å². The minimum atomic E-state index is -1.52. The minimum Gasteiger partial charge on any atom is -0.423 e. The molecule has 1 heterocycles. The monoisotopic (exact) mass is 594 g/mol. The fourth-order valence-corrected chi connectivity index (χ4v) is 5.18. The Morgan fingerprint density at radius 2 is 1.74 bits per heavy atom. The zero-order valence-electron chi connectivity index (χ0n) is 23.4. The number of benzene rings is 4. The number of allylic oxidation sites excluding steroid dienone is 1. The van der Waals surface area contributed by atoms with E-state index >= 15 is 0 Å². The number of hydrogen-bond acceptors (Lipinski definition) is 5. The van der Waals surface area contributed by atoms with Crippen molar-refractivity contribution in [2.24, 2.45) is 0 Å². The van der Waals surface area contributed by atoms with Crippen LogP contribution in [0.15, 0.2) is 97.2 Å². The number of ketones is 1. The first-order chi connectivity index (χ1) is 20.8. The van der Waals surface area contributed by atoms with Gasteiger partial charge in [-0.05, 0) is 81.2 Å². The Kier molecular flexibility index (Phi) is 9.64. The molecule has 1 aromatic heterocycles. The van der Waals surface area contributed by atoms with Crippen LogP contribution >= 0.6 is 11.6 Å². The average molecular weight is 595 g/mol. The van der Waals surface area contributed by atoms with Crippen LogP contribution < -0.4 is 5.46 Å². The summed E-state index contributed by atoms with van der Waals surface area (Å²) in [6, 6.07) is 25.1. The first-order valence-corrected chi connectivity index (χ1v) is 14.2. The van der Waals surface area contributed by atoms with Gasteiger partial charge in [0.25, 0.3) is 0 Å². The Bertz CT molecular complexity index is 1800. The zero-order valence-corrected chi connectivity index (χ0v) is 24.2. The van der Waals surface area contributed by atoms with Crippen LogP contribution in [0.5, 0.6) is 0 Å². The first kappa shape index (κ1) is 30.1. The molecule has 0 aliphatic heterocycles. The van der Waals surface area contributed by atoms with E-state index in [-0.39, 0.29) is 24.8 Å². The molecule has 0 atom stereocenters. The molecule has 0 saturated carbocycles. The number of nitrogens with zero attached hydrogens (tertiary/aromatic N) is 1. The number of fused-ring (bicyclic) bond motifs is 1. The number of aromatic nitrogens is 2. The fourth-order valence-electron chi connectivity index (χ4n) is 4.90. The lowest BCUT2D eigenvalue weighted by atomic mass is 9.80. The van der Waals surface area contributed by atoms with Crippen molar-refractivity contribution in [1.82, 2.24) is 10.2 Å². The smallest absolute Gasteiger partial charge is 0.423 e. The van der Waals surface area contributed by atoms with Gasteiger partial charge in [-0.15, -0.1) is 0 Å². The third kappa shape index (κ3) is 7.36. The van der Waals surface area contributed by atoms with Gasteiger partial charge in [0, 0.05) is 5.39 Å². The Balaban J connectivity index is 1.36. The summed E-state index contributed by atoms with van der Waals surface area (Å²) in [7, 11) is -1.52. The van der Waals surface area contributed by atoms with Crippen molar-refractivity contribution in [2.75, 3.05) is 6.61 Å². The molecule has 0 saturated heterocycles.